The van der Waals surface area contributed by atoms with E-state index in [2.05, 4.69) is 56.0 Å². The molecule has 5 aliphatic rings. The summed E-state index contributed by atoms with van der Waals surface area (Å²) < 4.78 is 35.3. The van der Waals surface area contributed by atoms with Gasteiger partial charge in [0, 0.05) is 87.0 Å². The first-order valence-corrected chi connectivity index (χ1v) is 14.4. The maximum Gasteiger partial charge on any atom is 0.280 e. The molecular weight excluding hydrogens is 486 g/mol. The van der Waals surface area contributed by atoms with E-state index < -0.39 is 6.43 Å². The van der Waals surface area contributed by atoms with Gasteiger partial charge in [-0.05, 0) is 57.6 Å². The van der Waals surface area contributed by atoms with Crippen molar-refractivity contribution in [2.75, 3.05) is 55.6 Å². The Morgan fingerprint density at radius 2 is 1.92 bits per heavy atom. The van der Waals surface area contributed by atoms with Crippen molar-refractivity contribution >= 4 is 11.5 Å². The number of hydrogen-bond acceptors (Lipinski definition) is 7. The van der Waals surface area contributed by atoms with Gasteiger partial charge in [0.25, 0.3) is 6.43 Å². The van der Waals surface area contributed by atoms with Gasteiger partial charge in [-0.1, -0.05) is 0 Å². The van der Waals surface area contributed by atoms with Gasteiger partial charge in [0.15, 0.2) is 0 Å². The molecular formula is C29H38F2N6O. The molecule has 0 radical (unpaired) electrons. The number of piperazine rings is 1. The molecule has 0 saturated carbocycles. The van der Waals surface area contributed by atoms with E-state index in [0.717, 1.165) is 88.4 Å². The highest BCUT2D eigenvalue weighted by Gasteiger charge is 2.48. The molecule has 38 heavy (non-hydrogen) atoms. The molecule has 3 saturated heterocycles. The summed E-state index contributed by atoms with van der Waals surface area (Å²) in [5.41, 5.74) is 4.90. The molecule has 0 amide bonds. The van der Waals surface area contributed by atoms with Crippen LogP contribution in [0.4, 0.5) is 20.3 Å². The van der Waals surface area contributed by atoms with Crippen molar-refractivity contribution < 1.29 is 13.5 Å². The molecule has 9 heteroatoms. The fraction of sp³-hybridized carbons (Fsp3) is 0.655. The zero-order chi connectivity index (χ0) is 26.0. The molecule has 3 unspecified atom stereocenters. The van der Waals surface area contributed by atoms with Crippen LogP contribution in [0.2, 0.25) is 0 Å². The Hall–Kier alpha value is -2.36. The lowest BCUT2D eigenvalue weighted by Gasteiger charge is -2.54. The first kappa shape index (κ1) is 24.7. The highest BCUT2D eigenvalue weighted by molar-refractivity contribution is 5.66. The Labute approximate surface area is 223 Å². The van der Waals surface area contributed by atoms with Crippen molar-refractivity contribution in [1.29, 1.82) is 0 Å². The number of ether oxygens (including phenoxy) is 1. The Morgan fingerprint density at radius 3 is 2.68 bits per heavy atom. The molecule has 1 N–H and O–H groups in total. The monoisotopic (exact) mass is 524 g/mol. The number of nitrogens with zero attached hydrogens (tertiary/aromatic N) is 5. The molecule has 204 valence electrons. The number of hydrogen-bond donors (Lipinski definition) is 1. The van der Waals surface area contributed by atoms with Gasteiger partial charge in [-0.15, -0.1) is 0 Å². The maximum atomic E-state index is 14.4. The molecule has 7 heterocycles. The van der Waals surface area contributed by atoms with E-state index in [9.17, 15) is 8.78 Å². The highest BCUT2D eigenvalue weighted by Crippen LogP contribution is 2.50. The minimum absolute atomic E-state index is 0.0137. The molecule has 7 nitrogen and oxygen atoms in total. The number of nitrogens with one attached hydrogen (secondary N) is 1. The van der Waals surface area contributed by atoms with E-state index in [1.165, 1.54) is 11.1 Å². The second-order valence-electron chi connectivity index (χ2n) is 11.8. The van der Waals surface area contributed by atoms with Crippen LogP contribution in [0, 0.1) is 6.92 Å². The lowest BCUT2D eigenvalue weighted by atomic mass is 9.82. The minimum atomic E-state index is -2.57. The molecule has 3 atom stereocenters. The number of anilines is 2. The van der Waals surface area contributed by atoms with Crippen molar-refractivity contribution in [2.24, 2.45) is 0 Å². The van der Waals surface area contributed by atoms with Crippen molar-refractivity contribution in [3.63, 3.8) is 0 Å². The minimum Gasteiger partial charge on any atom is -0.365 e. The normalized spacial score (nSPS) is 28.6. The average molecular weight is 525 g/mol. The average Bonchev–Trinajstić information content (AvgIpc) is 3.10. The third kappa shape index (κ3) is 3.84. The number of fused-ring (bicyclic) bond motifs is 5. The van der Waals surface area contributed by atoms with Gasteiger partial charge in [-0.25, -0.2) is 13.8 Å². The predicted molar refractivity (Wildman–Crippen MR) is 143 cm³/mol. The first-order valence-electron chi connectivity index (χ1n) is 14.4. The molecule has 0 bridgehead atoms. The fourth-order valence-corrected chi connectivity index (χ4v) is 7.83. The van der Waals surface area contributed by atoms with Crippen LogP contribution in [0.15, 0.2) is 18.3 Å². The number of alkyl halides is 2. The van der Waals surface area contributed by atoms with E-state index in [1.807, 2.05) is 6.20 Å². The summed E-state index contributed by atoms with van der Waals surface area (Å²) in [6.07, 6.45) is 3.54. The van der Waals surface area contributed by atoms with Gasteiger partial charge in [0.2, 0.25) is 0 Å². The summed E-state index contributed by atoms with van der Waals surface area (Å²) in [4.78, 5) is 16.4. The Morgan fingerprint density at radius 1 is 1.13 bits per heavy atom. The molecule has 0 aliphatic carbocycles. The Bertz CT molecular complexity index is 1210. The topological polar surface area (TPSA) is 56.8 Å². The smallest absolute Gasteiger partial charge is 0.280 e. The second-order valence-corrected chi connectivity index (χ2v) is 11.8. The van der Waals surface area contributed by atoms with Crippen molar-refractivity contribution in [3.05, 3.63) is 46.4 Å². The number of aromatic nitrogens is 2. The van der Waals surface area contributed by atoms with Gasteiger partial charge in [-0.3, -0.25) is 9.88 Å². The van der Waals surface area contributed by atoms with E-state index in [0.29, 0.717) is 24.3 Å². The van der Waals surface area contributed by atoms with Crippen LogP contribution in [0.1, 0.15) is 73.2 Å². The van der Waals surface area contributed by atoms with E-state index in [1.54, 1.807) is 0 Å². The first-order chi connectivity index (χ1) is 18.4. The van der Waals surface area contributed by atoms with Gasteiger partial charge in [0.05, 0.1) is 17.4 Å². The standard InChI is InChI=1S/C29H38F2N6O/c1-18-6-9-33-26-19(2)38-29(25(18)26)7-12-36(13-8-29)24-16-22-20(27(34-24)28(30)31)4-3-5-21-23(17-37(21)22)35-14-10-32-11-15-35/h6,9,16,19,21,23,28,32H,3-5,7-8,10-15,17H2,1-2H3. The number of rotatable bonds is 3. The van der Waals surface area contributed by atoms with Crippen molar-refractivity contribution in [2.45, 2.75) is 76.2 Å². The van der Waals surface area contributed by atoms with Crippen LogP contribution in [0.5, 0.6) is 0 Å². The molecule has 2 aromatic rings. The van der Waals surface area contributed by atoms with E-state index in [-0.39, 0.29) is 17.4 Å². The number of piperidine rings is 1. The van der Waals surface area contributed by atoms with Gasteiger partial charge in [0.1, 0.15) is 11.5 Å². The summed E-state index contributed by atoms with van der Waals surface area (Å²) >= 11 is 0. The maximum absolute atomic E-state index is 14.4. The van der Waals surface area contributed by atoms with E-state index >= 15 is 0 Å². The van der Waals surface area contributed by atoms with Crippen molar-refractivity contribution in [1.82, 2.24) is 20.2 Å². The summed E-state index contributed by atoms with van der Waals surface area (Å²) in [5, 5.41) is 3.45. The van der Waals surface area contributed by atoms with Crippen LogP contribution in [-0.2, 0) is 16.8 Å². The molecule has 0 aromatic carbocycles. The highest BCUT2D eigenvalue weighted by atomic mass is 19.3. The van der Waals surface area contributed by atoms with Crippen LogP contribution in [-0.4, -0.2) is 72.8 Å². The van der Waals surface area contributed by atoms with Gasteiger partial charge < -0.3 is 19.9 Å². The fourth-order valence-electron chi connectivity index (χ4n) is 7.83. The van der Waals surface area contributed by atoms with Crippen LogP contribution in [0.3, 0.4) is 0 Å². The van der Waals surface area contributed by atoms with Crippen LogP contribution in [0.25, 0.3) is 0 Å². The third-order valence-corrected chi connectivity index (χ3v) is 9.74. The predicted octanol–water partition coefficient (Wildman–Crippen LogP) is 4.11. The van der Waals surface area contributed by atoms with Gasteiger partial charge in [-0.2, -0.15) is 0 Å². The molecule has 1 spiro atoms. The van der Waals surface area contributed by atoms with Crippen LogP contribution < -0.4 is 15.1 Å². The third-order valence-electron chi connectivity index (χ3n) is 9.74. The zero-order valence-electron chi connectivity index (χ0n) is 22.4. The lowest BCUT2D eigenvalue weighted by Crippen LogP contribution is -2.69. The molecule has 7 rings (SSSR count). The van der Waals surface area contributed by atoms with Crippen LogP contribution >= 0.6 is 0 Å². The largest absolute Gasteiger partial charge is 0.365 e. The number of pyridine rings is 2. The van der Waals surface area contributed by atoms with Gasteiger partial charge >= 0.3 is 0 Å². The lowest BCUT2D eigenvalue weighted by molar-refractivity contribution is -0.0851. The summed E-state index contributed by atoms with van der Waals surface area (Å²) in [6, 6.07) is 5.10. The second kappa shape index (κ2) is 9.38. The Kier molecular flexibility index (Phi) is 6.09. The quantitative estimate of drug-likeness (QED) is 0.649. The number of aryl methyl sites for hydroxylation is 1. The molecule has 5 aliphatic heterocycles. The summed E-state index contributed by atoms with van der Waals surface area (Å²) in [5.74, 6) is 0.689. The van der Waals surface area contributed by atoms with Crippen molar-refractivity contribution in [3.8, 4) is 0 Å². The van der Waals surface area contributed by atoms with E-state index in [4.69, 9.17) is 4.74 Å². The molecule has 2 aromatic heterocycles. The zero-order valence-corrected chi connectivity index (χ0v) is 22.4. The summed E-state index contributed by atoms with van der Waals surface area (Å²) in [6.45, 7) is 10.8. The Balaban J connectivity index is 1.16. The number of halogens is 2. The SMILES string of the molecule is Cc1ccnc2c1C1(CCN(c3cc4c(c(C(F)F)n3)CCCC3C(N5CCNCC5)CN43)CC1)OC2C. The summed E-state index contributed by atoms with van der Waals surface area (Å²) in [7, 11) is 0. The molecule has 3 fully saturated rings.